The van der Waals surface area contributed by atoms with Crippen molar-refractivity contribution in [2.75, 3.05) is 28.4 Å². The number of rotatable bonds is 7. The maximum absolute atomic E-state index is 5.38. The Hall–Kier alpha value is -1.68. The first-order valence-electron chi connectivity index (χ1n) is 8.09. The molecule has 27 heavy (non-hydrogen) atoms. The van der Waals surface area contributed by atoms with Gasteiger partial charge in [-0.3, -0.25) is 4.99 Å². The molecule has 0 aliphatic carbocycles. The molecule has 2 aromatic rings. The number of aliphatic imine (C=N–C) groups is 1. The molecular weight excluding hydrogens is 525 g/mol. The van der Waals surface area contributed by atoms with Gasteiger partial charge in [-0.05, 0) is 39.7 Å². The van der Waals surface area contributed by atoms with Crippen LogP contribution in [0.15, 0.2) is 45.9 Å². The van der Waals surface area contributed by atoms with Crippen molar-refractivity contribution in [1.29, 1.82) is 0 Å². The lowest BCUT2D eigenvalue weighted by Crippen LogP contribution is -2.36. The number of nitrogens with zero attached hydrogens (tertiary/aromatic N) is 1. The van der Waals surface area contributed by atoms with Gasteiger partial charge in [-0.25, -0.2) is 0 Å². The molecule has 0 aromatic heterocycles. The molecule has 6 nitrogen and oxygen atoms in total. The molecule has 0 saturated carbocycles. The molecule has 0 radical (unpaired) electrons. The molecule has 0 heterocycles. The van der Waals surface area contributed by atoms with Crippen molar-refractivity contribution in [2.24, 2.45) is 4.99 Å². The minimum absolute atomic E-state index is 0. The number of para-hydroxylation sites is 1. The van der Waals surface area contributed by atoms with E-state index in [-0.39, 0.29) is 24.0 Å². The quantitative estimate of drug-likeness (QED) is 0.311. The van der Waals surface area contributed by atoms with Crippen LogP contribution in [0.3, 0.4) is 0 Å². The van der Waals surface area contributed by atoms with Gasteiger partial charge in [-0.1, -0.05) is 18.2 Å². The molecule has 0 amide bonds. The summed E-state index contributed by atoms with van der Waals surface area (Å²) in [5.41, 5.74) is 2.10. The molecule has 0 unspecified atom stereocenters. The zero-order valence-electron chi connectivity index (χ0n) is 15.8. The minimum Gasteiger partial charge on any atom is -0.496 e. The summed E-state index contributed by atoms with van der Waals surface area (Å²) in [7, 11) is 6.64. The fraction of sp³-hybridized carbons (Fsp3) is 0.316. The van der Waals surface area contributed by atoms with Crippen molar-refractivity contribution < 1.29 is 14.2 Å². The van der Waals surface area contributed by atoms with Crippen molar-refractivity contribution in [3.63, 3.8) is 0 Å². The molecule has 2 aromatic carbocycles. The Kier molecular flexibility index (Phi) is 10.3. The van der Waals surface area contributed by atoms with E-state index in [1.54, 1.807) is 28.4 Å². The molecule has 0 aliphatic rings. The molecular formula is C19H25BrIN3O3. The predicted octanol–water partition coefficient (Wildman–Crippen LogP) is 3.96. The van der Waals surface area contributed by atoms with Crippen LogP contribution in [0.25, 0.3) is 0 Å². The molecule has 2 N–H and O–H groups in total. The van der Waals surface area contributed by atoms with Gasteiger partial charge in [0.1, 0.15) is 5.75 Å². The topological polar surface area (TPSA) is 64.1 Å². The van der Waals surface area contributed by atoms with Gasteiger partial charge in [0.2, 0.25) is 0 Å². The average Bonchev–Trinajstić information content (AvgIpc) is 2.67. The zero-order valence-corrected chi connectivity index (χ0v) is 19.8. The Morgan fingerprint density at radius 2 is 1.63 bits per heavy atom. The van der Waals surface area contributed by atoms with Crippen LogP contribution in [0.4, 0.5) is 0 Å². The number of nitrogens with one attached hydrogen (secondary N) is 2. The van der Waals surface area contributed by atoms with E-state index in [0.717, 1.165) is 21.3 Å². The van der Waals surface area contributed by atoms with Crippen LogP contribution in [0, 0.1) is 0 Å². The molecule has 0 spiro atoms. The first-order chi connectivity index (χ1) is 12.6. The first kappa shape index (κ1) is 23.4. The number of hydrogen-bond donors (Lipinski definition) is 2. The third-order valence-corrected chi connectivity index (χ3v) is 4.40. The number of methoxy groups -OCH3 is 3. The second-order valence-electron chi connectivity index (χ2n) is 5.40. The fourth-order valence-electron chi connectivity index (χ4n) is 2.51. The molecule has 0 fully saturated rings. The Labute approximate surface area is 185 Å². The normalized spacial score (nSPS) is 10.6. The highest BCUT2D eigenvalue weighted by Crippen LogP contribution is 2.36. The molecule has 0 bridgehead atoms. The van der Waals surface area contributed by atoms with Crippen LogP contribution in [-0.2, 0) is 13.1 Å². The standard InChI is InChI=1S/C19H24BrN3O3.HI/c1-21-19(23-12-14-7-5-6-8-16(14)24-2)22-11-13-9-15(20)18(26-4)17(10-13)25-3;/h5-10H,11-12H2,1-4H3,(H2,21,22,23);1H. The lowest BCUT2D eigenvalue weighted by molar-refractivity contribution is 0.352. The van der Waals surface area contributed by atoms with Gasteiger partial charge < -0.3 is 24.8 Å². The van der Waals surface area contributed by atoms with E-state index in [4.69, 9.17) is 14.2 Å². The van der Waals surface area contributed by atoms with Crippen LogP contribution in [0.2, 0.25) is 0 Å². The van der Waals surface area contributed by atoms with Crippen molar-refractivity contribution in [3.05, 3.63) is 52.0 Å². The maximum Gasteiger partial charge on any atom is 0.191 e. The third kappa shape index (κ3) is 6.46. The van der Waals surface area contributed by atoms with Crippen molar-refractivity contribution >= 4 is 45.9 Å². The second-order valence-corrected chi connectivity index (χ2v) is 6.26. The second kappa shape index (κ2) is 11.9. The van der Waals surface area contributed by atoms with E-state index >= 15 is 0 Å². The van der Waals surface area contributed by atoms with Gasteiger partial charge in [0, 0.05) is 25.7 Å². The van der Waals surface area contributed by atoms with E-state index in [1.807, 2.05) is 36.4 Å². The van der Waals surface area contributed by atoms with Crippen LogP contribution in [0.1, 0.15) is 11.1 Å². The van der Waals surface area contributed by atoms with Crippen LogP contribution < -0.4 is 24.8 Å². The summed E-state index contributed by atoms with van der Waals surface area (Å²) in [6.07, 6.45) is 0. The number of hydrogen-bond acceptors (Lipinski definition) is 4. The van der Waals surface area contributed by atoms with E-state index in [1.165, 1.54) is 0 Å². The summed E-state index contributed by atoms with van der Waals surface area (Å²) in [5, 5.41) is 6.58. The third-order valence-electron chi connectivity index (χ3n) is 3.82. The summed E-state index contributed by atoms with van der Waals surface area (Å²) < 4.78 is 16.9. The molecule has 0 aliphatic heterocycles. The summed E-state index contributed by atoms with van der Waals surface area (Å²) in [5.74, 6) is 2.90. The smallest absolute Gasteiger partial charge is 0.191 e. The largest absolute Gasteiger partial charge is 0.496 e. The minimum atomic E-state index is 0. The number of halogens is 2. The van der Waals surface area contributed by atoms with Crippen molar-refractivity contribution in [1.82, 2.24) is 10.6 Å². The van der Waals surface area contributed by atoms with Crippen molar-refractivity contribution in [3.8, 4) is 17.2 Å². The van der Waals surface area contributed by atoms with Gasteiger partial charge in [-0.15, -0.1) is 24.0 Å². The number of ether oxygens (including phenoxy) is 3. The van der Waals surface area contributed by atoms with E-state index in [0.29, 0.717) is 30.5 Å². The molecule has 0 saturated heterocycles. The van der Waals surface area contributed by atoms with Gasteiger partial charge in [0.15, 0.2) is 17.5 Å². The van der Waals surface area contributed by atoms with E-state index < -0.39 is 0 Å². The SMILES string of the molecule is CN=C(NCc1cc(Br)c(OC)c(OC)c1)NCc1ccccc1OC.I. The van der Waals surface area contributed by atoms with Gasteiger partial charge in [-0.2, -0.15) is 0 Å². The fourth-order valence-corrected chi connectivity index (χ4v) is 3.16. The Balaban J connectivity index is 0.00000364. The Bertz CT molecular complexity index is 772. The average molecular weight is 550 g/mol. The Morgan fingerprint density at radius 3 is 2.26 bits per heavy atom. The lowest BCUT2D eigenvalue weighted by Gasteiger charge is -2.15. The monoisotopic (exact) mass is 549 g/mol. The van der Waals surface area contributed by atoms with Crippen LogP contribution >= 0.6 is 39.9 Å². The van der Waals surface area contributed by atoms with Crippen LogP contribution in [0.5, 0.6) is 17.2 Å². The van der Waals surface area contributed by atoms with E-state index in [2.05, 4.69) is 31.6 Å². The van der Waals surface area contributed by atoms with Crippen LogP contribution in [-0.4, -0.2) is 34.3 Å². The maximum atomic E-state index is 5.38. The Morgan fingerprint density at radius 1 is 0.963 bits per heavy atom. The number of benzene rings is 2. The molecule has 8 heteroatoms. The van der Waals surface area contributed by atoms with Gasteiger partial charge in [0.25, 0.3) is 0 Å². The molecule has 0 atom stereocenters. The van der Waals surface area contributed by atoms with Crippen molar-refractivity contribution in [2.45, 2.75) is 13.1 Å². The summed E-state index contributed by atoms with van der Waals surface area (Å²) in [4.78, 5) is 4.26. The molecule has 148 valence electrons. The van der Waals surface area contributed by atoms with E-state index in [9.17, 15) is 0 Å². The highest BCUT2D eigenvalue weighted by atomic mass is 127. The number of guanidine groups is 1. The summed E-state index contributed by atoms with van der Waals surface area (Å²) in [6, 6.07) is 11.8. The summed E-state index contributed by atoms with van der Waals surface area (Å²) >= 11 is 3.51. The first-order valence-corrected chi connectivity index (χ1v) is 8.89. The zero-order chi connectivity index (χ0) is 18.9. The molecule has 2 rings (SSSR count). The highest BCUT2D eigenvalue weighted by Gasteiger charge is 2.11. The highest BCUT2D eigenvalue weighted by molar-refractivity contribution is 14.0. The summed E-state index contributed by atoms with van der Waals surface area (Å²) in [6.45, 7) is 1.20. The van der Waals surface area contributed by atoms with Gasteiger partial charge in [0.05, 0.1) is 25.8 Å². The van der Waals surface area contributed by atoms with Gasteiger partial charge >= 0.3 is 0 Å². The predicted molar refractivity (Wildman–Crippen MR) is 123 cm³/mol. The lowest BCUT2D eigenvalue weighted by atomic mass is 10.2.